The van der Waals surface area contributed by atoms with Crippen LogP contribution in [0.15, 0.2) is 22.7 Å². The smallest absolute Gasteiger partial charge is 0.0132 e. The van der Waals surface area contributed by atoms with Crippen LogP contribution in [0.3, 0.4) is 0 Å². The van der Waals surface area contributed by atoms with E-state index in [1.165, 1.54) is 4.48 Å². The highest BCUT2D eigenvalue weighted by Crippen LogP contribution is 2.39. The number of hydrogen-bond acceptors (Lipinski definition) is 1. The van der Waals surface area contributed by atoms with Crippen LogP contribution in [0.25, 0.3) is 0 Å². The number of nitrogens with two attached hydrogens (primary N) is 1. The Balaban J connectivity index is 2.68. The monoisotopic (exact) mass is 271 g/mol. The first-order chi connectivity index (χ1) is 6.71. The Morgan fingerprint density at radius 3 is 2.40 bits per heavy atom. The first-order valence-electron chi connectivity index (χ1n) is 5.53. The fourth-order valence-corrected chi connectivity index (χ4v) is 2.82. The first-order valence-corrected chi connectivity index (χ1v) is 6.33. The van der Waals surface area contributed by atoms with Crippen molar-refractivity contribution in [3.05, 3.63) is 22.7 Å². The van der Waals surface area contributed by atoms with E-state index in [4.69, 9.17) is 5.73 Å². The molecule has 1 atom stereocenters. The van der Waals surface area contributed by atoms with Crippen LogP contribution in [0.2, 0.25) is 0 Å². The van der Waals surface area contributed by atoms with Crippen LogP contribution in [-0.2, 0) is 0 Å². The van der Waals surface area contributed by atoms with Gasteiger partial charge in [-0.25, -0.2) is 0 Å². The lowest BCUT2D eigenvalue weighted by Gasteiger charge is -2.38. The van der Waals surface area contributed by atoms with Gasteiger partial charge in [-0.3, -0.25) is 0 Å². The maximum absolute atomic E-state index is 6.11. The molecule has 86 valence electrons. The van der Waals surface area contributed by atoms with Gasteiger partial charge in [0.1, 0.15) is 0 Å². The van der Waals surface area contributed by atoms with Crippen LogP contribution in [0.1, 0.15) is 40.5 Å². The molecule has 0 spiro atoms. The van der Waals surface area contributed by atoms with Gasteiger partial charge in [-0.15, -0.1) is 0 Å². The zero-order valence-corrected chi connectivity index (χ0v) is 11.8. The summed E-state index contributed by atoms with van der Waals surface area (Å²) >= 11 is 3.49. The fourth-order valence-electron chi connectivity index (χ4n) is 2.48. The SMILES string of the molecule is CC(C)(N)CC(C)(C)C1C=CC(Br)=CC1. The van der Waals surface area contributed by atoms with Crippen LogP contribution >= 0.6 is 15.9 Å². The van der Waals surface area contributed by atoms with Gasteiger partial charge in [0.25, 0.3) is 0 Å². The number of halogens is 1. The Labute approximate surface area is 102 Å². The van der Waals surface area contributed by atoms with Crippen molar-refractivity contribution in [1.82, 2.24) is 0 Å². The molecule has 1 unspecified atom stereocenters. The standard InChI is InChI=1S/C13H22BrN/c1-12(2,9-13(3,4)15)10-5-7-11(14)8-6-10/h5,7-8,10H,6,9,15H2,1-4H3. The van der Waals surface area contributed by atoms with E-state index in [1.807, 2.05) is 0 Å². The van der Waals surface area contributed by atoms with E-state index in [1.54, 1.807) is 0 Å². The molecule has 0 aromatic heterocycles. The third-order valence-corrected chi connectivity index (χ3v) is 3.56. The summed E-state index contributed by atoms with van der Waals surface area (Å²) in [6.07, 6.45) is 8.85. The van der Waals surface area contributed by atoms with Gasteiger partial charge in [0.2, 0.25) is 0 Å². The highest BCUT2D eigenvalue weighted by Gasteiger charge is 2.32. The fraction of sp³-hybridized carbons (Fsp3) is 0.692. The maximum Gasteiger partial charge on any atom is 0.0132 e. The Bertz CT molecular complexity index is 281. The highest BCUT2D eigenvalue weighted by molar-refractivity contribution is 9.11. The van der Waals surface area contributed by atoms with Crippen molar-refractivity contribution in [2.75, 3.05) is 0 Å². The molecule has 0 fully saturated rings. The molecule has 0 aromatic rings. The van der Waals surface area contributed by atoms with Crippen molar-refractivity contribution in [3.8, 4) is 0 Å². The van der Waals surface area contributed by atoms with Crippen molar-refractivity contribution in [2.24, 2.45) is 17.1 Å². The molecular weight excluding hydrogens is 250 g/mol. The molecule has 15 heavy (non-hydrogen) atoms. The predicted octanol–water partition coefficient (Wildman–Crippen LogP) is 3.99. The molecule has 0 aliphatic heterocycles. The second kappa shape index (κ2) is 4.42. The zero-order chi connectivity index (χ0) is 11.7. The Hall–Kier alpha value is -0.0800. The average Bonchev–Trinajstić information content (AvgIpc) is 2.00. The number of allylic oxidation sites excluding steroid dienone is 4. The van der Waals surface area contributed by atoms with Crippen molar-refractivity contribution in [1.29, 1.82) is 0 Å². The van der Waals surface area contributed by atoms with Crippen LogP contribution < -0.4 is 5.73 Å². The van der Waals surface area contributed by atoms with Crippen LogP contribution in [0.5, 0.6) is 0 Å². The van der Waals surface area contributed by atoms with Gasteiger partial charge < -0.3 is 5.73 Å². The summed E-state index contributed by atoms with van der Waals surface area (Å²) in [5.74, 6) is 0.599. The molecule has 0 saturated heterocycles. The second-order valence-electron chi connectivity index (χ2n) is 5.94. The molecule has 0 amide bonds. The van der Waals surface area contributed by atoms with Crippen molar-refractivity contribution in [2.45, 2.75) is 46.1 Å². The number of rotatable bonds is 3. The minimum Gasteiger partial charge on any atom is -0.326 e. The lowest BCUT2D eigenvalue weighted by atomic mass is 9.69. The summed E-state index contributed by atoms with van der Waals surface area (Å²) in [7, 11) is 0. The van der Waals surface area contributed by atoms with Gasteiger partial charge in [0, 0.05) is 10.0 Å². The molecule has 0 bridgehead atoms. The molecule has 1 rings (SSSR count). The summed E-state index contributed by atoms with van der Waals surface area (Å²) < 4.78 is 1.20. The summed E-state index contributed by atoms with van der Waals surface area (Å²) in [5.41, 5.74) is 6.28. The molecule has 1 aliphatic carbocycles. The van der Waals surface area contributed by atoms with Crippen LogP contribution in [0.4, 0.5) is 0 Å². The van der Waals surface area contributed by atoms with E-state index in [2.05, 4.69) is 61.9 Å². The Morgan fingerprint density at radius 1 is 1.40 bits per heavy atom. The quantitative estimate of drug-likeness (QED) is 0.825. The Kier molecular flexibility index (Phi) is 3.83. The summed E-state index contributed by atoms with van der Waals surface area (Å²) in [4.78, 5) is 0. The second-order valence-corrected chi connectivity index (χ2v) is 6.86. The minimum atomic E-state index is -0.0876. The van der Waals surface area contributed by atoms with Gasteiger partial charge in [0.15, 0.2) is 0 Å². The third kappa shape index (κ3) is 4.12. The lowest BCUT2D eigenvalue weighted by Crippen LogP contribution is -2.40. The predicted molar refractivity (Wildman–Crippen MR) is 70.9 cm³/mol. The first kappa shape index (κ1) is 13.0. The van der Waals surface area contributed by atoms with Gasteiger partial charge >= 0.3 is 0 Å². The van der Waals surface area contributed by atoms with Crippen molar-refractivity contribution in [3.63, 3.8) is 0 Å². The molecular formula is C13H22BrN. The van der Waals surface area contributed by atoms with E-state index >= 15 is 0 Å². The zero-order valence-electron chi connectivity index (χ0n) is 10.2. The normalized spacial score (nSPS) is 22.8. The third-order valence-electron chi connectivity index (χ3n) is 2.97. The summed E-state index contributed by atoms with van der Waals surface area (Å²) in [6.45, 7) is 8.83. The minimum absolute atomic E-state index is 0.0876. The summed E-state index contributed by atoms with van der Waals surface area (Å²) in [5, 5.41) is 0. The topological polar surface area (TPSA) is 26.0 Å². The molecule has 0 heterocycles. The molecule has 1 nitrogen and oxygen atoms in total. The molecule has 0 radical (unpaired) electrons. The van der Waals surface area contributed by atoms with E-state index in [-0.39, 0.29) is 11.0 Å². The van der Waals surface area contributed by atoms with E-state index in [0.717, 1.165) is 12.8 Å². The van der Waals surface area contributed by atoms with Crippen LogP contribution in [-0.4, -0.2) is 5.54 Å². The van der Waals surface area contributed by atoms with Crippen molar-refractivity contribution < 1.29 is 0 Å². The largest absolute Gasteiger partial charge is 0.326 e. The van der Waals surface area contributed by atoms with Gasteiger partial charge in [0.05, 0.1) is 0 Å². The van der Waals surface area contributed by atoms with E-state index in [9.17, 15) is 0 Å². The maximum atomic E-state index is 6.11. The van der Waals surface area contributed by atoms with E-state index < -0.39 is 0 Å². The molecule has 0 aromatic carbocycles. The molecule has 2 heteroatoms. The molecule has 2 N–H and O–H groups in total. The van der Waals surface area contributed by atoms with Gasteiger partial charge in [-0.05, 0) is 38.0 Å². The lowest BCUT2D eigenvalue weighted by molar-refractivity contribution is 0.190. The molecule has 0 saturated carbocycles. The summed E-state index contributed by atoms with van der Waals surface area (Å²) in [6, 6.07) is 0. The average molecular weight is 272 g/mol. The van der Waals surface area contributed by atoms with Crippen LogP contribution in [0, 0.1) is 11.3 Å². The van der Waals surface area contributed by atoms with E-state index in [0.29, 0.717) is 5.92 Å². The van der Waals surface area contributed by atoms with Crippen molar-refractivity contribution >= 4 is 15.9 Å². The molecule has 1 aliphatic rings. The van der Waals surface area contributed by atoms with Gasteiger partial charge in [-0.1, -0.05) is 48.0 Å². The number of hydrogen-bond donors (Lipinski definition) is 1. The highest BCUT2D eigenvalue weighted by atomic mass is 79.9. The van der Waals surface area contributed by atoms with Gasteiger partial charge in [-0.2, -0.15) is 0 Å². The Morgan fingerprint density at radius 2 is 2.00 bits per heavy atom.